The van der Waals surface area contributed by atoms with E-state index in [-0.39, 0.29) is 12.5 Å². The topological polar surface area (TPSA) is 63.8 Å². The van der Waals surface area contributed by atoms with Crippen molar-refractivity contribution in [1.82, 2.24) is 0 Å². The Hall–Kier alpha value is -2.63. The molecule has 0 aliphatic heterocycles. The van der Waals surface area contributed by atoms with Crippen LogP contribution >= 0.6 is 11.6 Å². The molecule has 27 heavy (non-hydrogen) atoms. The number of rotatable bonds is 5. The summed E-state index contributed by atoms with van der Waals surface area (Å²) in [5.74, 6) is -0.0856. The standard InChI is InChI=1S/C21H21ClN2O3/c1-13-4-6-16(7-5-13)23-20(25)12-24(3)11-15-9-21(26)27-19-8-14(2)18(22)10-17(15)19/h4-10H,11-12H2,1-3H3,(H,23,25)/p+1. The molecule has 6 heteroatoms. The van der Waals surface area contributed by atoms with Gasteiger partial charge in [0.1, 0.15) is 12.1 Å². The Morgan fingerprint density at radius 3 is 2.56 bits per heavy atom. The van der Waals surface area contributed by atoms with E-state index < -0.39 is 5.63 Å². The zero-order chi connectivity index (χ0) is 19.6. The molecule has 0 aliphatic carbocycles. The fourth-order valence-electron chi connectivity index (χ4n) is 3.00. The van der Waals surface area contributed by atoms with E-state index in [0.717, 1.165) is 32.7 Å². The first-order valence-electron chi connectivity index (χ1n) is 8.72. The van der Waals surface area contributed by atoms with Crippen LogP contribution in [-0.2, 0) is 11.3 Å². The molecule has 0 radical (unpaired) electrons. The third-order valence-electron chi connectivity index (χ3n) is 4.40. The van der Waals surface area contributed by atoms with E-state index in [0.29, 0.717) is 17.2 Å². The van der Waals surface area contributed by atoms with E-state index in [1.165, 1.54) is 6.07 Å². The van der Waals surface area contributed by atoms with Gasteiger partial charge in [0, 0.05) is 27.7 Å². The van der Waals surface area contributed by atoms with Gasteiger partial charge in [-0.25, -0.2) is 4.79 Å². The molecule has 1 atom stereocenters. The van der Waals surface area contributed by atoms with Crippen LogP contribution in [-0.4, -0.2) is 19.5 Å². The minimum atomic E-state index is -0.406. The molecule has 140 valence electrons. The number of aryl methyl sites for hydroxylation is 2. The second-order valence-corrected chi connectivity index (χ2v) is 7.32. The molecule has 0 saturated heterocycles. The molecule has 1 amide bonds. The van der Waals surface area contributed by atoms with Crippen LogP contribution in [0.2, 0.25) is 5.02 Å². The Labute approximate surface area is 162 Å². The Morgan fingerprint density at radius 1 is 1.15 bits per heavy atom. The predicted molar refractivity (Wildman–Crippen MR) is 107 cm³/mol. The number of hydrogen-bond acceptors (Lipinski definition) is 3. The van der Waals surface area contributed by atoms with Crippen molar-refractivity contribution in [3.63, 3.8) is 0 Å². The number of fused-ring (bicyclic) bond motifs is 1. The molecule has 1 aromatic heterocycles. The minimum Gasteiger partial charge on any atom is -0.423 e. The van der Waals surface area contributed by atoms with Gasteiger partial charge in [0.15, 0.2) is 6.54 Å². The molecule has 0 aliphatic rings. The lowest BCUT2D eigenvalue weighted by Gasteiger charge is -2.15. The average molecular weight is 386 g/mol. The third-order valence-corrected chi connectivity index (χ3v) is 4.81. The van der Waals surface area contributed by atoms with Crippen LogP contribution in [0.1, 0.15) is 16.7 Å². The molecular weight excluding hydrogens is 364 g/mol. The summed E-state index contributed by atoms with van der Waals surface area (Å²) in [4.78, 5) is 25.1. The molecule has 0 bridgehead atoms. The Morgan fingerprint density at radius 2 is 1.85 bits per heavy atom. The fraction of sp³-hybridized carbons (Fsp3) is 0.238. The second kappa shape index (κ2) is 7.94. The smallest absolute Gasteiger partial charge is 0.336 e. The molecule has 0 spiro atoms. The van der Waals surface area contributed by atoms with Crippen LogP contribution in [0.15, 0.2) is 51.7 Å². The molecule has 3 rings (SSSR count). The lowest BCUT2D eigenvalue weighted by atomic mass is 10.1. The van der Waals surface area contributed by atoms with E-state index >= 15 is 0 Å². The summed E-state index contributed by atoms with van der Waals surface area (Å²) in [6.45, 7) is 4.64. The molecule has 0 fully saturated rings. The molecule has 5 nitrogen and oxygen atoms in total. The Kier molecular flexibility index (Phi) is 5.63. The first kappa shape index (κ1) is 19.1. The summed E-state index contributed by atoms with van der Waals surface area (Å²) in [6, 6.07) is 12.7. The van der Waals surface area contributed by atoms with Crippen LogP contribution < -0.4 is 15.8 Å². The number of likely N-dealkylation sites (N-methyl/N-ethyl adjacent to an activating group) is 1. The molecule has 1 unspecified atom stereocenters. The normalized spacial score (nSPS) is 12.1. The molecule has 2 N–H and O–H groups in total. The number of carbonyl (C=O) groups excluding carboxylic acids is 1. The Balaban J connectivity index is 1.74. The lowest BCUT2D eigenvalue weighted by molar-refractivity contribution is -0.885. The number of carbonyl (C=O) groups is 1. The number of hydrogen-bond donors (Lipinski definition) is 2. The van der Waals surface area contributed by atoms with Gasteiger partial charge >= 0.3 is 5.63 Å². The molecule has 1 heterocycles. The summed E-state index contributed by atoms with van der Waals surface area (Å²) in [7, 11) is 1.91. The number of anilines is 1. The highest BCUT2D eigenvalue weighted by atomic mass is 35.5. The van der Waals surface area contributed by atoms with Crippen LogP contribution in [0, 0.1) is 13.8 Å². The Bertz CT molecular complexity index is 1040. The third kappa shape index (κ3) is 4.76. The van der Waals surface area contributed by atoms with E-state index in [1.807, 2.05) is 51.2 Å². The highest BCUT2D eigenvalue weighted by Crippen LogP contribution is 2.24. The first-order chi connectivity index (χ1) is 12.8. The van der Waals surface area contributed by atoms with E-state index in [1.54, 1.807) is 6.07 Å². The van der Waals surface area contributed by atoms with Gasteiger partial charge in [-0.15, -0.1) is 0 Å². The van der Waals surface area contributed by atoms with Crippen molar-refractivity contribution in [1.29, 1.82) is 0 Å². The highest BCUT2D eigenvalue weighted by molar-refractivity contribution is 6.32. The molecule has 0 saturated carbocycles. The van der Waals surface area contributed by atoms with Gasteiger partial charge < -0.3 is 14.6 Å². The number of halogens is 1. The lowest BCUT2D eigenvalue weighted by Crippen LogP contribution is -3.08. The van der Waals surface area contributed by atoms with Gasteiger partial charge in [-0.2, -0.15) is 0 Å². The summed E-state index contributed by atoms with van der Waals surface area (Å²) in [5, 5.41) is 4.30. The number of quaternary nitrogens is 1. The van der Waals surface area contributed by atoms with Crippen LogP contribution in [0.25, 0.3) is 11.0 Å². The molecule has 2 aromatic carbocycles. The van der Waals surface area contributed by atoms with Crippen molar-refractivity contribution in [2.24, 2.45) is 0 Å². The first-order valence-corrected chi connectivity index (χ1v) is 9.10. The SMILES string of the molecule is Cc1ccc(NC(=O)C[NH+](C)Cc2cc(=O)oc3cc(C)c(Cl)cc23)cc1. The zero-order valence-corrected chi connectivity index (χ0v) is 16.3. The summed E-state index contributed by atoms with van der Waals surface area (Å²) >= 11 is 6.23. The number of nitrogens with one attached hydrogen (secondary N) is 2. The van der Waals surface area contributed by atoms with E-state index in [4.69, 9.17) is 16.0 Å². The van der Waals surface area contributed by atoms with Crippen molar-refractivity contribution < 1.29 is 14.1 Å². The largest absolute Gasteiger partial charge is 0.423 e. The maximum absolute atomic E-state index is 12.3. The summed E-state index contributed by atoms with van der Waals surface area (Å²) < 4.78 is 5.29. The van der Waals surface area contributed by atoms with E-state index in [2.05, 4.69) is 5.32 Å². The molecule has 3 aromatic rings. The van der Waals surface area contributed by atoms with Gasteiger partial charge in [-0.05, 0) is 43.7 Å². The fourth-order valence-corrected chi connectivity index (χ4v) is 3.16. The van der Waals surface area contributed by atoms with Crippen LogP contribution in [0.3, 0.4) is 0 Å². The van der Waals surface area contributed by atoms with Gasteiger partial charge in [0.25, 0.3) is 5.91 Å². The van der Waals surface area contributed by atoms with E-state index in [9.17, 15) is 9.59 Å². The zero-order valence-electron chi connectivity index (χ0n) is 15.6. The average Bonchev–Trinajstić information content (AvgIpc) is 2.58. The van der Waals surface area contributed by atoms with Crippen molar-refractivity contribution >= 4 is 34.2 Å². The quantitative estimate of drug-likeness (QED) is 0.664. The van der Waals surface area contributed by atoms with Gasteiger partial charge in [0.2, 0.25) is 0 Å². The monoisotopic (exact) mass is 385 g/mol. The van der Waals surface area contributed by atoms with Gasteiger partial charge in [-0.1, -0.05) is 29.3 Å². The summed E-state index contributed by atoms with van der Waals surface area (Å²) in [6.07, 6.45) is 0. The van der Waals surface area contributed by atoms with Gasteiger partial charge in [-0.3, -0.25) is 4.79 Å². The maximum atomic E-state index is 12.3. The van der Waals surface area contributed by atoms with Crippen molar-refractivity contribution in [2.45, 2.75) is 20.4 Å². The number of amides is 1. The van der Waals surface area contributed by atoms with Crippen LogP contribution in [0.5, 0.6) is 0 Å². The predicted octanol–water partition coefficient (Wildman–Crippen LogP) is 2.72. The summed E-state index contributed by atoms with van der Waals surface area (Å²) in [5.41, 5.74) is 3.67. The van der Waals surface area contributed by atoms with Crippen molar-refractivity contribution in [3.05, 3.63) is 74.6 Å². The van der Waals surface area contributed by atoms with Crippen molar-refractivity contribution in [3.8, 4) is 0 Å². The second-order valence-electron chi connectivity index (χ2n) is 6.91. The van der Waals surface area contributed by atoms with Crippen LogP contribution in [0.4, 0.5) is 5.69 Å². The maximum Gasteiger partial charge on any atom is 0.336 e. The minimum absolute atomic E-state index is 0.0856. The van der Waals surface area contributed by atoms with Crippen molar-refractivity contribution in [2.75, 3.05) is 18.9 Å². The molecular formula is C21H22ClN2O3+. The number of benzene rings is 2. The highest BCUT2D eigenvalue weighted by Gasteiger charge is 2.15. The van der Waals surface area contributed by atoms with Gasteiger partial charge in [0.05, 0.1) is 7.05 Å².